The van der Waals surface area contributed by atoms with Gasteiger partial charge >= 0.3 is 5.97 Å². The van der Waals surface area contributed by atoms with Crippen LogP contribution in [0, 0.1) is 5.92 Å². The van der Waals surface area contributed by atoms with Crippen molar-refractivity contribution in [3.8, 4) is 0 Å². The van der Waals surface area contributed by atoms with Crippen molar-refractivity contribution >= 4 is 5.97 Å². The summed E-state index contributed by atoms with van der Waals surface area (Å²) in [7, 11) is 1.69. The molecule has 1 N–H and O–H groups in total. The minimum atomic E-state index is -0.650. The number of rotatable bonds is 2. The lowest BCUT2D eigenvalue weighted by atomic mass is 9.79. The van der Waals surface area contributed by atoms with Crippen LogP contribution in [0.5, 0.6) is 0 Å². The van der Waals surface area contributed by atoms with Crippen LogP contribution in [0.1, 0.15) is 32.1 Å². The molecule has 0 aromatic rings. The topological polar surface area (TPSA) is 46.5 Å². The molecule has 82 valence electrons. The molecular formula is C12H16O3. The number of hydrogen-bond acceptors (Lipinski definition) is 2. The first-order valence-electron chi connectivity index (χ1n) is 5.36. The molecule has 3 heteroatoms. The van der Waals surface area contributed by atoms with Crippen molar-refractivity contribution in [1.82, 2.24) is 0 Å². The van der Waals surface area contributed by atoms with Gasteiger partial charge in [-0.15, -0.1) is 0 Å². The maximum absolute atomic E-state index is 10.9. The van der Waals surface area contributed by atoms with Gasteiger partial charge in [-0.25, -0.2) is 0 Å². The van der Waals surface area contributed by atoms with Gasteiger partial charge in [0.1, 0.15) is 0 Å². The van der Waals surface area contributed by atoms with E-state index in [0.717, 1.165) is 37.9 Å². The summed E-state index contributed by atoms with van der Waals surface area (Å²) in [6, 6.07) is 0. The van der Waals surface area contributed by atoms with Crippen LogP contribution < -0.4 is 0 Å². The van der Waals surface area contributed by atoms with Crippen LogP contribution in [0.4, 0.5) is 0 Å². The van der Waals surface area contributed by atoms with E-state index < -0.39 is 5.97 Å². The summed E-state index contributed by atoms with van der Waals surface area (Å²) in [6.07, 6.45) is 6.28. The summed E-state index contributed by atoms with van der Waals surface area (Å²) in [6.45, 7) is 0. The molecule has 0 fully saturated rings. The van der Waals surface area contributed by atoms with Crippen LogP contribution in [-0.2, 0) is 9.53 Å². The smallest absolute Gasteiger partial charge is 0.306 e. The summed E-state index contributed by atoms with van der Waals surface area (Å²) in [4.78, 5) is 10.9. The van der Waals surface area contributed by atoms with Crippen molar-refractivity contribution in [3.63, 3.8) is 0 Å². The predicted molar refractivity (Wildman–Crippen MR) is 56.3 cm³/mol. The van der Waals surface area contributed by atoms with E-state index in [9.17, 15) is 4.79 Å². The Hall–Kier alpha value is -1.25. The molecule has 0 saturated carbocycles. The Balaban J connectivity index is 2.07. The molecule has 0 aliphatic heterocycles. The Labute approximate surface area is 89.4 Å². The summed E-state index contributed by atoms with van der Waals surface area (Å²) in [5.74, 6) is 0.215. The summed E-state index contributed by atoms with van der Waals surface area (Å²) in [5, 5.41) is 8.96. The van der Waals surface area contributed by atoms with E-state index in [-0.39, 0.29) is 5.92 Å². The highest BCUT2D eigenvalue weighted by Gasteiger charge is 2.27. The van der Waals surface area contributed by atoms with Crippen LogP contribution in [0.2, 0.25) is 0 Å². The molecule has 0 aromatic carbocycles. The fourth-order valence-electron chi connectivity index (χ4n) is 2.40. The van der Waals surface area contributed by atoms with Crippen LogP contribution in [0.15, 0.2) is 23.0 Å². The van der Waals surface area contributed by atoms with Crippen LogP contribution in [-0.4, -0.2) is 18.2 Å². The highest BCUT2D eigenvalue weighted by molar-refractivity contribution is 5.70. The molecule has 2 aliphatic carbocycles. The van der Waals surface area contributed by atoms with Crippen molar-refractivity contribution in [2.75, 3.05) is 7.11 Å². The SMILES string of the molecule is COC1=CCC2=C(CC[C@@H](C(=O)O)C2)C1. The van der Waals surface area contributed by atoms with Gasteiger partial charge in [-0.1, -0.05) is 11.1 Å². The zero-order valence-electron chi connectivity index (χ0n) is 8.95. The standard InChI is InChI=1S/C12H16O3/c1-15-11-5-4-8-6-10(12(13)14)3-2-9(8)7-11/h5,10H,2-4,6-7H2,1H3,(H,13,14)/t10-/m1/s1. The van der Waals surface area contributed by atoms with Crippen LogP contribution >= 0.6 is 0 Å². The molecule has 0 aromatic heterocycles. The Morgan fingerprint density at radius 3 is 3.00 bits per heavy atom. The van der Waals surface area contributed by atoms with Gasteiger partial charge in [-0.3, -0.25) is 4.79 Å². The lowest BCUT2D eigenvalue weighted by Crippen LogP contribution is -2.20. The Kier molecular flexibility index (Phi) is 2.80. The molecule has 0 radical (unpaired) electrons. The zero-order chi connectivity index (χ0) is 10.8. The number of methoxy groups -OCH3 is 1. The molecule has 3 nitrogen and oxygen atoms in total. The molecular weight excluding hydrogens is 192 g/mol. The molecule has 2 rings (SSSR count). The van der Waals surface area contributed by atoms with E-state index in [1.165, 1.54) is 11.1 Å². The Morgan fingerprint density at radius 1 is 1.53 bits per heavy atom. The van der Waals surface area contributed by atoms with E-state index in [4.69, 9.17) is 9.84 Å². The van der Waals surface area contributed by atoms with Crippen molar-refractivity contribution in [1.29, 1.82) is 0 Å². The Bertz CT molecular complexity index is 339. The average molecular weight is 208 g/mol. The molecule has 0 heterocycles. The maximum Gasteiger partial charge on any atom is 0.306 e. The largest absolute Gasteiger partial charge is 0.501 e. The van der Waals surface area contributed by atoms with Gasteiger partial charge in [0.2, 0.25) is 0 Å². The summed E-state index contributed by atoms with van der Waals surface area (Å²) in [5.41, 5.74) is 2.74. The zero-order valence-corrected chi connectivity index (χ0v) is 8.95. The van der Waals surface area contributed by atoms with Crippen molar-refractivity contribution in [2.24, 2.45) is 5.92 Å². The average Bonchev–Trinajstić information content (AvgIpc) is 2.27. The molecule has 0 amide bonds. The van der Waals surface area contributed by atoms with Gasteiger partial charge in [0.15, 0.2) is 0 Å². The third-order valence-electron chi connectivity index (χ3n) is 3.36. The second-order valence-corrected chi connectivity index (χ2v) is 4.24. The fraction of sp³-hybridized carbons (Fsp3) is 0.583. The van der Waals surface area contributed by atoms with Crippen LogP contribution in [0.3, 0.4) is 0 Å². The third-order valence-corrected chi connectivity index (χ3v) is 3.36. The number of carboxylic acids is 1. The molecule has 0 unspecified atom stereocenters. The first-order chi connectivity index (χ1) is 7.20. The van der Waals surface area contributed by atoms with Crippen LogP contribution in [0.25, 0.3) is 0 Å². The first-order valence-corrected chi connectivity index (χ1v) is 5.36. The second-order valence-electron chi connectivity index (χ2n) is 4.24. The molecule has 0 spiro atoms. The minimum absolute atomic E-state index is 0.166. The van der Waals surface area contributed by atoms with Gasteiger partial charge in [-0.2, -0.15) is 0 Å². The van der Waals surface area contributed by atoms with Gasteiger partial charge in [0, 0.05) is 6.42 Å². The number of hydrogen-bond donors (Lipinski definition) is 1. The van der Waals surface area contributed by atoms with E-state index in [2.05, 4.69) is 6.08 Å². The lowest BCUT2D eigenvalue weighted by molar-refractivity contribution is -0.142. The number of carboxylic acid groups (broad SMARTS) is 1. The van der Waals surface area contributed by atoms with Gasteiger partial charge in [-0.05, 0) is 31.8 Å². The quantitative estimate of drug-likeness (QED) is 0.709. The third kappa shape index (κ3) is 2.06. The van der Waals surface area contributed by atoms with Gasteiger partial charge in [0.25, 0.3) is 0 Å². The molecule has 0 saturated heterocycles. The number of ether oxygens (including phenoxy) is 1. The Morgan fingerprint density at radius 2 is 2.33 bits per heavy atom. The molecule has 0 bridgehead atoms. The number of aliphatic carboxylic acids is 1. The normalized spacial score (nSPS) is 25.7. The maximum atomic E-state index is 10.9. The number of carbonyl (C=O) groups is 1. The molecule has 2 aliphatic rings. The molecule has 15 heavy (non-hydrogen) atoms. The lowest BCUT2D eigenvalue weighted by Gasteiger charge is -2.27. The summed E-state index contributed by atoms with van der Waals surface area (Å²) >= 11 is 0. The molecule has 1 atom stereocenters. The monoisotopic (exact) mass is 208 g/mol. The first kappa shape index (κ1) is 10.3. The summed E-state index contributed by atoms with van der Waals surface area (Å²) < 4.78 is 5.23. The van der Waals surface area contributed by atoms with Crippen molar-refractivity contribution in [2.45, 2.75) is 32.1 Å². The predicted octanol–water partition coefficient (Wildman–Crippen LogP) is 2.49. The minimum Gasteiger partial charge on any atom is -0.501 e. The second kappa shape index (κ2) is 4.09. The van der Waals surface area contributed by atoms with E-state index in [1.807, 2.05) is 0 Å². The van der Waals surface area contributed by atoms with Gasteiger partial charge in [0.05, 0.1) is 18.8 Å². The number of allylic oxidation sites excluding steroid dienone is 3. The van der Waals surface area contributed by atoms with E-state index in [1.54, 1.807) is 7.11 Å². The fourth-order valence-corrected chi connectivity index (χ4v) is 2.40. The highest BCUT2D eigenvalue weighted by Crippen LogP contribution is 2.37. The van der Waals surface area contributed by atoms with E-state index >= 15 is 0 Å². The van der Waals surface area contributed by atoms with Crippen molar-refractivity contribution < 1.29 is 14.6 Å². The van der Waals surface area contributed by atoms with E-state index in [0.29, 0.717) is 0 Å². The highest BCUT2D eigenvalue weighted by atomic mass is 16.5. The van der Waals surface area contributed by atoms with Crippen molar-refractivity contribution in [3.05, 3.63) is 23.0 Å². The van der Waals surface area contributed by atoms with Gasteiger partial charge < -0.3 is 9.84 Å².